The topological polar surface area (TPSA) is 174 Å². The zero-order valence-corrected chi connectivity index (χ0v) is 37.9. The zero-order valence-electron chi connectivity index (χ0n) is 36.3. The van der Waals surface area contributed by atoms with Crippen LogP contribution in [0, 0.1) is 5.92 Å². The van der Waals surface area contributed by atoms with Crippen molar-refractivity contribution in [3.8, 4) is 28.1 Å². The summed E-state index contributed by atoms with van der Waals surface area (Å²) in [4.78, 5) is 69.8. The second-order valence-electron chi connectivity index (χ2n) is 16.6. The summed E-state index contributed by atoms with van der Waals surface area (Å²) >= 11 is 0. The number of anilines is 2. The number of hydrogen-bond acceptors (Lipinski definition) is 9. The van der Waals surface area contributed by atoms with Crippen LogP contribution in [0.4, 0.5) is 21.1 Å². The number of urea groups is 1. The first-order valence-electron chi connectivity index (χ1n) is 20.2. The van der Waals surface area contributed by atoms with Gasteiger partial charge in [0.15, 0.2) is 0 Å². The van der Waals surface area contributed by atoms with Gasteiger partial charge in [0.25, 0.3) is 5.91 Å². The first-order valence-corrected chi connectivity index (χ1v) is 20.2. The summed E-state index contributed by atoms with van der Waals surface area (Å²) in [6.45, 7) is 15.6. The van der Waals surface area contributed by atoms with Gasteiger partial charge in [0.2, 0.25) is 5.91 Å². The Morgan fingerprint density at radius 1 is 0.885 bits per heavy atom. The first kappa shape index (κ1) is 48.1. The van der Waals surface area contributed by atoms with Crippen molar-refractivity contribution in [3.05, 3.63) is 78.4 Å². The molecule has 5 amide bonds. The number of hydrogen-bond donors (Lipinski definition) is 4. The number of likely N-dealkylation sites (tertiary alicyclic amines) is 1. The Morgan fingerprint density at radius 3 is 2.21 bits per heavy atom. The van der Waals surface area contributed by atoms with E-state index in [0.29, 0.717) is 42.5 Å². The van der Waals surface area contributed by atoms with Crippen LogP contribution in [0.1, 0.15) is 83.5 Å². The van der Waals surface area contributed by atoms with Gasteiger partial charge < -0.3 is 45.1 Å². The molecule has 15 nitrogen and oxygen atoms in total. The Bertz CT molecular complexity index is 2140. The van der Waals surface area contributed by atoms with Crippen molar-refractivity contribution >= 4 is 60.3 Å². The molecule has 0 radical (unpaired) electrons. The molecule has 61 heavy (non-hydrogen) atoms. The summed E-state index contributed by atoms with van der Waals surface area (Å²) in [5.74, 6) is 1.49. The number of methoxy groups -OCH3 is 1. The molecule has 2 aromatic carbocycles. The van der Waals surface area contributed by atoms with Crippen LogP contribution in [0.2, 0.25) is 0 Å². The Labute approximate surface area is 370 Å². The van der Waals surface area contributed by atoms with Gasteiger partial charge in [0.1, 0.15) is 29.0 Å². The Hall–Kier alpha value is -5.54. The van der Waals surface area contributed by atoms with Crippen LogP contribution in [0.3, 0.4) is 0 Å². The number of nitrogens with zero attached hydrogens (tertiary/aromatic N) is 5. The number of alkyl carbamates (subject to hydrolysis) is 1. The predicted molar refractivity (Wildman–Crippen MR) is 242 cm³/mol. The van der Waals surface area contributed by atoms with E-state index in [0.717, 1.165) is 41.0 Å². The second-order valence-corrected chi connectivity index (χ2v) is 16.6. The quantitative estimate of drug-likeness (QED) is 0.125. The van der Waals surface area contributed by atoms with Crippen LogP contribution in [-0.4, -0.2) is 106 Å². The fourth-order valence-electron chi connectivity index (χ4n) is 7.69. The fraction of sp³-hybridized carbons (Fsp3) is 0.455. The molecule has 330 valence electrons. The Morgan fingerprint density at radius 2 is 1.59 bits per heavy atom. The smallest absolute Gasteiger partial charge is 0.407 e. The van der Waals surface area contributed by atoms with Crippen molar-refractivity contribution in [3.63, 3.8) is 0 Å². The van der Waals surface area contributed by atoms with Crippen LogP contribution in [-0.2, 0) is 9.53 Å². The predicted octanol–water partition coefficient (Wildman–Crippen LogP) is 7.69. The lowest BCUT2D eigenvalue weighted by molar-refractivity contribution is -0.135. The number of carbonyl (C=O) groups excluding carboxylic acids is 4. The third-order valence-electron chi connectivity index (χ3n) is 10.8. The summed E-state index contributed by atoms with van der Waals surface area (Å²) < 4.78 is 11.2. The molecule has 6 rings (SSSR count). The van der Waals surface area contributed by atoms with Gasteiger partial charge in [-0.3, -0.25) is 9.59 Å². The summed E-state index contributed by atoms with van der Waals surface area (Å²) in [6.07, 6.45) is 4.31. The summed E-state index contributed by atoms with van der Waals surface area (Å²) in [6, 6.07) is 16.3. The molecule has 2 saturated heterocycles. The van der Waals surface area contributed by atoms with Crippen molar-refractivity contribution in [2.24, 2.45) is 5.92 Å². The number of nitrogens with one attached hydrogen (secondary N) is 4. The molecule has 0 unspecified atom stereocenters. The number of ether oxygens (including phenoxy) is 2. The molecule has 17 heteroatoms. The van der Waals surface area contributed by atoms with E-state index in [4.69, 9.17) is 9.47 Å². The Balaban J connectivity index is 0.00000410. The maximum Gasteiger partial charge on any atom is 0.407 e. The second kappa shape index (κ2) is 20.3. The van der Waals surface area contributed by atoms with Gasteiger partial charge in [-0.05, 0) is 88.8 Å². The van der Waals surface area contributed by atoms with Crippen LogP contribution in [0.5, 0.6) is 5.75 Å². The number of benzene rings is 2. The SMILES string of the molecule is CNC(=O)N1C[C@@H](C)N(c2ccc(C(=O)Nc3ccc(-c4ccc(-c5cnc([C@H]6CCCN6C(=O)[C@H](NC(=O)OC)C(C)C)[nH]5)cc4)c(OC(C)(C)C)c3)cn2)C[C@@H]1C.Cl.Cl. The van der Waals surface area contributed by atoms with Crippen molar-refractivity contribution in [1.82, 2.24) is 35.4 Å². The number of pyridine rings is 1. The lowest BCUT2D eigenvalue weighted by Crippen LogP contribution is -2.60. The minimum absolute atomic E-state index is 0. The van der Waals surface area contributed by atoms with Crippen LogP contribution < -0.4 is 25.6 Å². The third kappa shape index (κ3) is 11.2. The van der Waals surface area contributed by atoms with E-state index in [9.17, 15) is 19.2 Å². The molecule has 4 aromatic rings. The minimum Gasteiger partial charge on any atom is -0.487 e. The normalized spacial score (nSPS) is 18.1. The van der Waals surface area contributed by atoms with Crippen LogP contribution >= 0.6 is 24.8 Å². The van der Waals surface area contributed by atoms with Crippen molar-refractivity contribution in [2.75, 3.05) is 44.0 Å². The lowest BCUT2D eigenvalue weighted by atomic mass is 10.0. The average Bonchev–Trinajstić information content (AvgIpc) is 3.90. The van der Waals surface area contributed by atoms with E-state index < -0.39 is 17.7 Å². The van der Waals surface area contributed by atoms with Gasteiger partial charge >= 0.3 is 12.1 Å². The number of aromatic nitrogens is 3. The van der Waals surface area contributed by atoms with Gasteiger partial charge in [-0.1, -0.05) is 38.1 Å². The minimum atomic E-state index is -0.706. The highest BCUT2D eigenvalue weighted by atomic mass is 35.5. The van der Waals surface area contributed by atoms with Gasteiger partial charge in [-0.2, -0.15) is 0 Å². The summed E-state index contributed by atoms with van der Waals surface area (Å²) in [5.41, 5.74) is 4.02. The van der Waals surface area contributed by atoms with E-state index in [-0.39, 0.29) is 66.7 Å². The van der Waals surface area contributed by atoms with E-state index in [1.807, 2.05) is 95.0 Å². The number of aromatic amines is 1. The molecule has 4 heterocycles. The molecule has 2 aromatic heterocycles. The molecular weight excluding hydrogens is 821 g/mol. The van der Waals surface area contributed by atoms with Gasteiger partial charge in [0, 0.05) is 62.3 Å². The molecule has 4 N–H and O–H groups in total. The van der Waals surface area contributed by atoms with Crippen molar-refractivity contribution in [2.45, 2.75) is 91.1 Å². The highest BCUT2D eigenvalue weighted by molar-refractivity contribution is 6.04. The standard InChI is InChI=1S/C44H57N9O6.2ClH/c1-26(2)38(50-43(57)58-9)41(55)51-20-10-11-35(51)39-47-23-34(49-39)30-14-12-29(13-15-30)33-18-17-32(21-36(33)59-44(5,6)7)48-40(54)31-16-19-37(46-22-31)52-24-28(4)53(25-27(52)3)42(56)45-8;;/h12-19,21-23,26-28,35,38H,10-11,20,24-25H2,1-9H3,(H,45,56)(H,47,49)(H,48,54)(H,50,57);2*1H/t27-,28+,35-,38-;;/m1../s1. The number of imidazole rings is 1. The Kier molecular flexibility index (Phi) is 16.1. The van der Waals surface area contributed by atoms with E-state index >= 15 is 0 Å². The lowest BCUT2D eigenvalue weighted by Gasteiger charge is -2.44. The van der Waals surface area contributed by atoms with Crippen LogP contribution in [0.15, 0.2) is 67.0 Å². The highest BCUT2D eigenvalue weighted by Gasteiger charge is 2.38. The summed E-state index contributed by atoms with van der Waals surface area (Å²) in [5, 5.41) is 8.41. The highest BCUT2D eigenvalue weighted by Crippen LogP contribution is 2.37. The maximum absolute atomic E-state index is 13.6. The van der Waals surface area contributed by atoms with E-state index in [1.165, 1.54) is 7.11 Å². The number of piperazine rings is 1. The largest absolute Gasteiger partial charge is 0.487 e. The van der Waals surface area contributed by atoms with Crippen LogP contribution in [0.25, 0.3) is 22.4 Å². The van der Waals surface area contributed by atoms with E-state index in [1.54, 1.807) is 30.4 Å². The monoisotopic (exact) mass is 879 g/mol. The van der Waals surface area contributed by atoms with Crippen molar-refractivity contribution < 1.29 is 28.7 Å². The average molecular weight is 881 g/mol. The molecule has 0 spiro atoms. The number of amides is 5. The number of H-pyrrole nitrogens is 1. The molecule has 4 atom stereocenters. The molecule has 2 fully saturated rings. The molecular formula is C44H59Cl2N9O6. The molecule has 2 aliphatic rings. The molecule has 0 saturated carbocycles. The number of rotatable bonds is 10. The number of carbonyl (C=O) groups is 4. The van der Waals surface area contributed by atoms with Gasteiger partial charge in [-0.25, -0.2) is 19.6 Å². The van der Waals surface area contributed by atoms with Gasteiger partial charge in [0.05, 0.1) is 30.6 Å². The van der Waals surface area contributed by atoms with E-state index in [2.05, 4.69) is 42.7 Å². The zero-order chi connectivity index (χ0) is 42.6. The third-order valence-corrected chi connectivity index (χ3v) is 10.8. The summed E-state index contributed by atoms with van der Waals surface area (Å²) in [7, 11) is 2.92. The maximum atomic E-state index is 13.6. The fourth-order valence-corrected chi connectivity index (χ4v) is 7.69. The molecule has 0 aliphatic carbocycles. The first-order chi connectivity index (χ1) is 28.1. The number of halogens is 2. The van der Waals surface area contributed by atoms with Crippen molar-refractivity contribution in [1.29, 1.82) is 0 Å². The van der Waals surface area contributed by atoms with Gasteiger partial charge in [-0.15, -0.1) is 24.8 Å². The molecule has 2 aliphatic heterocycles. The molecule has 0 bridgehead atoms.